The molecule has 1 amide bonds. The number of benzene rings is 3. The first-order chi connectivity index (χ1) is 15.5. The lowest BCUT2D eigenvalue weighted by atomic mass is 9.92. The van der Waals surface area contributed by atoms with E-state index in [0.717, 1.165) is 33.3 Å². The number of fused-ring (bicyclic) bond motifs is 3. The molecule has 0 aliphatic carbocycles. The zero-order chi connectivity index (χ0) is 22.2. The Morgan fingerprint density at radius 3 is 2.59 bits per heavy atom. The number of H-pyrrole nitrogens is 1. The second kappa shape index (κ2) is 8.07. The predicted molar refractivity (Wildman–Crippen MR) is 124 cm³/mol. The molecule has 1 aliphatic rings. The summed E-state index contributed by atoms with van der Waals surface area (Å²) >= 11 is 6.26. The molecule has 1 aromatic heterocycles. The van der Waals surface area contributed by atoms with E-state index in [2.05, 4.69) is 11.1 Å². The van der Waals surface area contributed by atoms with Crippen LogP contribution in [-0.2, 0) is 6.42 Å². The summed E-state index contributed by atoms with van der Waals surface area (Å²) in [5.41, 5.74) is 5.65. The van der Waals surface area contributed by atoms with Crippen molar-refractivity contribution >= 4 is 28.6 Å². The number of aromatic nitrogens is 1. The van der Waals surface area contributed by atoms with Crippen LogP contribution in [0.1, 0.15) is 34.0 Å². The zero-order valence-electron chi connectivity index (χ0n) is 17.4. The van der Waals surface area contributed by atoms with E-state index in [9.17, 15) is 10.1 Å². The van der Waals surface area contributed by atoms with Crippen LogP contribution in [0.5, 0.6) is 5.75 Å². The SMILES string of the molecule is Cc1ccc(OC(=O)N2CCc3c([nH]c4ccc(Cl)cc34)C2c2ccc(C#N)cc2)cc1. The van der Waals surface area contributed by atoms with Crippen molar-refractivity contribution in [1.29, 1.82) is 5.26 Å². The van der Waals surface area contributed by atoms with Gasteiger partial charge >= 0.3 is 6.09 Å². The molecular weight excluding hydrogens is 422 g/mol. The van der Waals surface area contributed by atoms with Crippen molar-refractivity contribution in [1.82, 2.24) is 9.88 Å². The summed E-state index contributed by atoms with van der Waals surface area (Å²) in [5.74, 6) is 0.508. The number of ether oxygens (including phenoxy) is 1. The lowest BCUT2D eigenvalue weighted by molar-refractivity contribution is 0.135. The van der Waals surface area contributed by atoms with Crippen LogP contribution >= 0.6 is 11.6 Å². The predicted octanol–water partition coefficient (Wildman–Crippen LogP) is 6.15. The molecule has 1 unspecified atom stereocenters. The molecule has 0 spiro atoms. The van der Waals surface area contributed by atoms with E-state index >= 15 is 0 Å². The van der Waals surface area contributed by atoms with Gasteiger partial charge in [0.15, 0.2) is 0 Å². The summed E-state index contributed by atoms with van der Waals surface area (Å²) in [7, 11) is 0. The first kappa shape index (κ1) is 20.2. The lowest BCUT2D eigenvalue weighted by Gasteiger charge is -2.35. The van der Waals surface area contributed by atoms with E-state index in [1.54, 1.807) is 29.2 Å². The quantitative estimate of drug-likeness (QED) is 0.405. The number of halogens is 1. The van der Waals surface area contributed by atoms with Gasteiger partial charge < -0.3 is 9.72 Å². The molecule has 158 valence electrons. The van der Waals surface area contributed by atoms with Crippen LogP contribution < -0.4 is 4.74 Å². The van der Waals surface area contributed by atoms with Crippen molar-refractivity contribution in [2.75, 3.05) is 6.54 Å². The minimum atomic E-state index is -0.412. The average Bonchev–Trinajstić information content (AvgIpc) is 3.18. The molecule has 4 aromatic rings. The molecule has 1 aliphatic heterocycles. The third-order valence-corrected chi connectivity index (χ3v) is 6.14. The van der Waals surface area contributed by atoms with Crippen LogP contribution in [0.25, 0.3) is 10.9 Å². The number of aryl methyl sites for hydroxylation is 1. The molecule has 2 heterocycles. The molecule has 0 fully saturated rings. The Morgan fingerprint density at radius 1 is 1.12 bits per heavy atom. The molecule has 32 heavy (non-hydrogen) atoms. The van der Waals surface area contributed by atoms with Gasteiger partial charge in [-0.05, 0) is 66.9 Å². The summed E-state index contributed by atoms with van der Waals surface area (Å²) in [6, 6.07) is 22.3. The van der Waals surface area contributed by atoms with Crippen molar-refractivity contribution in [2.45, 2.75) is 19.4 Å². The van der Waals surface area contributed by atoms with E-state index in [1.165, 1.54) is 0 Å². The molecule has 0 saturated carbocycles. The van der Waals surface area contributed by atoms with Gasteiger partial charge in [0.05, 0.1) is 11.6 Å². The fourth-order valence-corrected chi connectivity index (χ4v) is 4.48. The average molecular weight is 442 g/mol. The van der Waals surface area contributed by atoms with Gasteiger partial charge in [0.1, 0.15) is 11.8 Å². The van der Waals surface area contributed by atoms with E-state index in [0.29, 0.717) is 29.3 Å². The molecule has 0 radical (unpaired) electrons. The molecule has 1 N–H and O–H groups in total. The number of nitriles is 1. The van der Waals surface area contributed by atoms with Gasteiger partial charge in [-0.1, -0.05) is 41.4 Å². The van der Waals surface area contributed by atoms with Crippen molar-refractivity contribution in [2.24, 2.45) is 0 Å². The number of nitrogens with one attached hydrogen (secondary N) is 1. The monoisotopic (exact) mass is 441 g/mol. The topological polar surface area (TPSA) is 69.1 Å². The highest BCUT2D eigenvalue weighted by atomic mass is 35.5. The Labute approximate surface area is 190 Å². The van der Waals surface area contributed by atoms with Gasteiger partial charge in [-0.2, -0.15) is 5.26 Å². The number of rotatable bonds is 2. The fourth-order valence-electron chi connectivity index (χ4n) is 4.31. The summed E-state index contributed by atoms with van der Waals surface area (Å²) in [5, 5.41) is 10.9. The number of aromatic amines is 1. The Morgan fingerprint density at radius 2 is 1.88 bits per heavy atom. The van der Waals surface area contributed by atoms with Crippen LogP contribution in [0, 0.1) is 18.3 Å². The largest absolute Gasteiger partial charge is 0.416 e. The van der Waals surface area contributed by atoms with E-state index in [1.807, 2.05) is 49.4 Å². The van der Waals surface area contributed by atoms with Crippen molar-refractivity contribution in [3.63, 3.8) is 0 Å². The van der Waals surface area contributed by atoms with Gasteiger partial charge in [0, 0.05) is 28.2 Å². The normalized spacial score (nSPS) is 15.3. The number of carbonyl (C=O) groups is 1. The molecule has 0 saturated heterocycles. The number of nitrogens with zero attached hydrogens (tertiary/aromatic N) is 2. The fraction of sp³-hybridized carbons (Fsp3) is 0.154. The van der Waals surface area contributed by atoms with Gasteiger partial charge in [0.2, 0.25) is 0 Å². The molecule has 6 heteroatoms. The maximum Gasteiger partial charge on any atom is 0.416 e. The second-order valence-electron chi connectivity index (χ2n) is 7.97. The number of hydrogen-bond acceptors (Lipinski definition) is 3. The maximum atomic E-state index is 13.3. The highest BCUT2D eigenvalue weighted by Crippen LogP contribution is 2.39. The summed E-state index contributed by atoms with van der Waals surface area (Å²) in [4.78, 5) is 18.5. The van der Waals surface area contributed by atoms with Gasteiger partial charge in [-0.15, -0.1) is 0 Å². The smallest absolute Gasteiger partial charge is 0.410 e. The van der Waals surface area contributed by atoms with Crippen molar-refractivity contribution < 1.29 is 9.53 Å². The van der Waals surface area contributed by atoms with Crippen LogP contribution in [0.4, 0.5) is 4.79 Å². The van der Waals surface area contributed by atoms with Gasteiger partial charge in [-0.25, -0.2) is 4.79 Å². The first-order valence-corrected chi connectivity index (χ1v) is 10.8. The number of amides is 1. The van der Waals surface area contributed by atoms with E-state index < -0.39 is 6.09 Å². The van der Waals surface area contributed by atoms with Gasteiger partial charge in [0.25, 0.3) is 0 Å². The summed E-state index contributed by atoms with van der Waals surface area (Å²) < 4.78 is 5.71. The first-order valence-electron chi connectivity index (χ1n) is 10.4. The van der Waals surface area contributed by atoms with Crippen LogP contribution in [0.15, 0.2) is 66.7 Å². The maximum absolute atomic E-state index is 13.3. The van der Waals surface area contributed by atoms with E-state index in [4.69, 9.17) is 16.3 Å². The Hall–Kier alpha value is -3.75. The highest BCUT2D eigenvalue weighted by Gasteiger charge is 2.35. The van der Waals surface area contributed by atoms with Crippen LogP contribution in [0.3, 0.4) is 0 Å². The third kappa shape index (κ3) is 3.59. The molecule has 0 bridgehead atoms. The lowest BCUT2D eigenvalue weighted by Crippen LogP contribution is -2.42. The molecule has 3 aromatic carbocycles. The minimum absolute atomic E-state index is 0.365. The second-order valence-corrected chi connectivity index (χ2v) is 8.40. The molecule has 5 rings (SSSR count). The van der Waals surface area contributed by atoms with Gasteiger partial charge in [-0.3, -0.25) is 4.90 Å². The standard InChI is InChI=1S/C26H20ClN3O2/c1-16-2-9-20(10-3-16)32-26(31)30-13-12-21-22-14-19(27)8-11-23(22)29-24(21)25(30)18-6-4-17(15-28)5-7-18/h2-11,14,25,29H,12-13H2,1H3. The Bertz CT molecular complexity index is 1350. The molecular formula is C26H20ClN3O2. The summed E-state index contributed by atoms with van der Waals surface area (Å²) in [6.07, 6.45) is 0.274. The van der Waals surface area contributed by atoms with Crippen molar-refractivity contribution in [3.8, 4) is 11.8 Å². The van der Waals surface area contributed by atoms with E-state index in [-0.39, 0.29) is 6.04 Å². The zero-order valence-corrected chi connectivity index (χ0v) is 18.2. The minimum Gasteiger partial charge on any atom is -0.410 e. The Kier molecular flexibility index (Phi) is 5.08. The van der Waals surface area contributed by atoms with Crippen molar-refractivity contribution in [3.05, 3.63) is 99.7 Å². The van der Waals surface area contributed by atoms with Crippen LogP contribution in [-0.4, -0.2) is 22.5 Å². The van der Waals surface area contributed by atoms with Crippen LogP contribution in [0.2, 0.25) is 5.02 Å². The molecule has 1 atom stereocenters. The molecule has 5 nitrogen and oxygen atoms in total. The number of hydrogen-bond donors (Lipinski definition) is 1. The summed E-state index contributed by atoms with van der Waals surface area (Å²) in [6.45, 7) is 2.49. The number of carbonyl (C=O) groups excluding carboxylic acids is 1. The third-order valence-electron chi connectivity index (χ3n) is 5.91. The Balaban J connectivity index is 1.58. The highest BCUT2D eigenvalue weighted by molar-refractivity contribution is 6.31.